The van der Waals surface area contributed by atoms with E-state index in [0.29, 0.717) is 16.7 Å². The summed E-state index contributed by atoms with van der Waals surface area (Å²) in [5.74, 6) is 1.54. The van der Waals surface area contributed by atoms with E-state index in [2.05, 4.69) is 18.8 Å². The Hall–Kier alpha value is -3.73. The molecule has 0 aliphatic carbocycles. The minimum Gasteiger partial charge on any atom is -0.340 e. The lowest BCUT2D eigenvalue weighted by Crippen LogP contribution is -2.31. The van der Waals surface area contributed by atoms with Crippen LogP contribution < -0.4 is 5.56 Å². The number of para-hydroxylation sites is 3. The number of hydrogen-bond acceptors (Lipinski definition) is 3. The average molecular weight is 394 g/mol. The van der Waals surface area contributed by atoms with Crippen LogP contribution in [0, 0.1) is 5.92 Å². The van der Waals surface area contributed by atoms with Crippen LogP contribution in [0.5, 0.6) is 0 Å². The zero-order valence-electron chi connectivity index (χ0n) is 16.9. The molecule has 0 spiro atoms. The second-order valence-electron chi connectivity index (χ2n) is 7.82. The molecule has 0 bridgehead atoms. The number of aromatic amines is 1. The number of nitrogens with one attached hydrogen (secondary N) is 1. The zero-order valence-corrected chi connectivity index (χ0v) is 16.9. The number of benzene rings is 3. The van der Waals surface area contributed by atoms with Gasteiger partial charge in [0.1, 0.15) is 11.6 Å². The normalized spacial score (nSPS) is 12.6. The first-order valence-electron chi connectivity index (χ1n) is 10.1. The van der Waals surface area contributed by atoms with Crippen molar-refractivity contribution in [3.05, 3.63) is 95.0 Å². The number of nitrogens with zero attached hydrogens (tertiary/aromatic N) is 3. The molecule has 1 N–H and O–H groups in total. The van der Waals surface area contributed by atoms with Gasteiger partial charge in [-0.2, -0.15) is 0 Å². The summed E-state index contributed by atoms with van der Waals surface area (Å²) in [6, 6.07) is 25.0. The Balaban J connectivity index is 1.84. The predicted molar refractivity (Wildman–Crippen MR) is 121 cm³/mol. The van der Waals surface area contributed by atoms with Crippen LogP contribution in [0.2, 0.25) is 0 Å². The predicted octanol–water partition coefficient (Wildman–Crippen LogP) is 5.19. The van der Waals surface area contributed by atoms with Gasteiger partial charge in [-0.3, -0.25) is 9.36 Å². The van der Waals surface area contributed by atoms with Gasteiger partial charge in [0.2, 0.25) is 0 Å². The molecular formula is C25H22N4O. The van der Waals surface area contributed by atoms with Crippen molar-refractivity contribution in [1.29, 1.82) is 0 Å². The maximum Gasteiger partial charge on any atom is 0.262 e. The average Bonchev–Trinajstić information content (AvgIpc) is 3.19. The van der Waals surface area contributed by atoms with Gasteiger partial charge in [-0.1, -0.05) is 68.4 Å². The molecule has 0 saturated carbocycles. The summed E-state index contributed by atoms with van der Waals surface area (Å²) < 4.78 is 1.81. The molecule has 5 rings (SSSR count). The Morgan fingerprint density at radius 1 is 0.800 bits per heavy atom. The summed E-state index contributed by atoms with van der Waals surface area (Å²) in [6.45, 7) is 4.21. The highest BCUT2D eigenvalue weighted by molar-refractivity contribution is 5.80. The summed E-state index contributed by atoms with van der Waals surface area (Å²) in [4.78, 5) is 26.9. The Bertz CT molecular complexity index is 1370. The second-order valence-corrected chi connectivity index (χ2v) is 7.82. The molecule has 0 fully saturated rings. The smallest absolute Gasteiger partial charge is 0.262 e. The largest absolute Gasteiger partial charge is 0.340 e. The van der Waals surface area contributed by atoms with Crippen molar-refractivity contribution in [2.75, 3.05) is 0 Å². The second kappa shape index (κ2) is 7.26. The van der Waals surface area contributed by atoms with E-state index in [9.17, 15) is 4.79 Å². The number of imidazole rings is 1. The summed E-state index contributed by atoms with van der Waals surface area (Å²) in [7, 11) is 0. The number of fused-ring (bicyclic) bond motifs is 2. The van der Waals surface area contributed by atoms with Crippen molar-refractivity contribution in [2.24, 2.45) is 5.92 Å². The third-order valence-corrected chi connectivity index (χ3v) is 5.44. The first kappa shape index (κ1) is 18.3. The topological polar surface area (TPSA) is 63.6 Å². The summed E-state index contributed by atoms with van der Waals surface area (Å²) in [6.07, 6.45) is 0. The molecule has 5 aromatic rings. The number of hydrogen-bond donors (Lipinski definition) is 1. The van der Waals surface area contributed by atoms with Gasteiger partial charge >= 0.3 is 0 Å². The van der Waals surface area contributed by atoms with E-state index < -0.39 is 0 Å². The summed E-state index contributed by atoms with van der Waals surface area (Å²) >= 11 is 0. The maximum atomic E-state index is 13.7. The molecule has 1 atom stereocenters. The fraction of sp³-hybridized carbons (Fsp3) is 0.160. The quantitative estimate of drug-likeness (QED) is 0.456. The van der Waals surface area contributed by atoms with E-state index in [-0.39, 0.29) is 17.5 Å². The molecule has 1 unspecified atom stereocenters. The van der Waals surface area contributed by atoms with Crippen LogP contribution in [0.3, 0.4) is 0 Å². The third kappa shape index (κ3) is 2.99. The minimum absolute atomic E-state index is 0.0568. The highest BCUT2D eigenvalue weighted by atomic mass is 16.1. The highest BCUT2D eigenvalue weighted by Crippen LogP contribution is 2.30. The van der Waals surface area contributed by atoms with E-state index in [1.54, 1.807) is 4.57 Å². The van der Waals surface area contributed by atoms with E-state index in [1.165, 1.54) is 0 Å². The fourth-order valence-electron chi connectivity index (χ4n) is 4.04. The monoisotopic (exact) mass is 394 g/mol. The summed E-state index contributed by atoms with van der Waals surface area (Å²) in [5.41, 5.74) is 3.40. The first-order valence-corrected chi connectivity index (χ1v) is 10.1. The van der Waals surface area contributed by atoms with E-state index in [4.69, 9.17) is 9.97 Å². The molecular weight excluding hydrogens is 372 g/mol. The lowest BCUT2D eigenvalue weighted by molar-refractivity contribution is 0.413. The van der Waals surface area contributed by atoms with Gasteiger partial charge < -0.3 is 4.98 Å². The summed E-state index contributed by atoms with van der Waals surface area (Å²) in [5, 5.41) is 0.610. The van der Waals surface area contributed by atoms with Gasteiger partial charge in [0.25, 0.3) is 5.56 Å². The molecule has 148 valence electrons. The maximum absolute atomic E-state index is 13.7. The molecule has 5 heteroatoms. The van der Waals surface area contributed by atoms with Gasteiger partial charge in [0.05, 0.1) is 28.0 Å². The molecule has 0 amide bonds. The van der Waals surface area contributed by atoms with Crippen molar-refractivity contribution in [1.82, 2.24) is 19.5 Å². The van der Waals surface area contributed by atoms with Crippen molar-refractivity contribution in [3.8, 4) is 11.4 Å². The molecule has 0 aliphatic heterocycles. The van der Waals surface area contributed by atoms with Crippen molar-refractivity contribution in [2.45, 2.75) is 19.9 Å². The van der Waals surface area contributed by atoms with Gasteiger partial charge in [0.15, 0.2) is 0 Å². The third-order valence-electron chi connectivity index (χ3n) is 5.44. The highest BCUT2D eigenvalue weighted by Gasteiger charge is 2.27. The molecule has 2 heterocycles. The molecule has 0 radical (unpaired) electrons. The van der Waals surface area contributed by atoms with Crippen LogP contribution in [-0.4, -0.2) is 19.5 Å². The van der Waals surface area contributed by atoms with Gasteiger partial charge in [-0.25, -0.2) is 9.97 Å². The van der Waals surface area contributed by atoms with E-state index in [0.717, 1.165) is 22.4 Å². The van der Waals surface area contributed by atoms with Gasteiger partial charge in [-0.05, 0) is 30.2 Å². The van der Waals surface area contributed by atoms with Crippen molar-refractivity contribution < 1.29 is 0 Å². The SMILES string of the molecule is CC(C)C(c1nc2ccccc2[nH]1)n1c(-c2ccccc2)nc2ccccc2c1=O. The number of aromatic nitrogens is 4. The first-order chi connectivity index (χ1) is 14.6. The Kier molecular flexibility index (Phi) is 4.43. The van der Waals surface area contributed by atoms with Crippen LogP contribution >= 0.6 is 0 Å². The van der Waals surface area contributed by atoms with E-state index >= 15 is 0 Å². The van der Waals surface area contributed by atoms with Crippen molar-refractivity contribution >= 4 is 21.9 Å². The molecule has 0 saturated heterocycles. The molecule has 30 heavy (non-hydrogen) atoms. The van der Waals surface area contributed by atoms with Gasteiger partial charge in [0, 0.05) is 5.56 Å². The molecule has 2 aromatic heterocycles. The lowest BCUT2D eigenvalue weighted by Gasteiger charge is -2.25. The van der Waals surface area contributed by atoms with Crippen LogP contribution in [0.25, 0.3) is 33.3 Å². The van der Waals surface area contributed by atoms with E-state index in [1.807, 2.05) is 78.9 Å². The standard InChI is InChI=1S/C25H22N4O/c1-16(2)22(23-26-20-14-8-9-15-21(20)27-23)29-24(17-10-4-3-5-11-17)28-19-13-7-6-12-18(19)25(29)30/h3-16,22H,1-2H3,(H,26,27). The Labute approximate surface area is 174 Å². The number of rotatable bonds is 4. The zero-order chi connectivity index (χ0) is 20.7. The molecule has 3 aromatic carbocycles. The molecule has 5 nitrogen and oxygen atoms in total. The Morgan fingerprint density at radius 2 is 1.47 bits per heavy atom. The van der Waals surface area contributed by atoms with Crippen LogP contribution in [0.1, 0.15) is 25.7 Å². The lowest BCUT2D eigenvalue weighted by atomic mass is 10.0. The van der Waals surface area contributed by atoms with Crippen molar-refractivity contribution in [3.63, 3.8) is 0 Å². The van der Waals surface area contributed by atoms with Crippen LogP contribution in [-0.2, 0) is 0 Å². The van der Waals surface area contributed by atoms with Gasteiger partial charge in [-0.15, -0.1) is 0 Å². The fourth-order valence-corrected chi connectivity index (χ4v) is 4.04. The molecule has 0 aliphatic rings. The minimum atomic E-state index is -0.280. The number of H-pyrrole nitrogens is 1. The van der Waals surface area contributed by atoms with Crippen LogP contribution in [0.15, 0.2) is 83.7 Å². The van der Waals surface area contributed by atoms with Crippen LogP contribution in [0.4, 0.5) is 0 Å². The Morgan fingerprint density at radius 3 is 2.20 bits per heavy atom.